The van der Waals surface area contributed by atoms with Gasteiger partial charge in [-0.3, -0.25) is 10.1 Å². The fourth-order valence-corrected chi connectivity index (χ4v) is 4.09. The summed E-state index contributed by atoms with van der Waals surface area (Å²) in [6, 6.07) is 6.63. The highest BCUT2D eigenvalue weighted by atomic mass is 32.2. The summed E-state index contributed by atoms with van der Waals surface area (Å²) < 4.78 is 33.2. The molecule has 0 aliphatic carbocycles. The molecule has 0 aromatic heterocycles. The Balaban J connectivity index is 1.79. The van der Waals surface area contributed by atoms with Crippen LogP contribution in [0.4, 0.5) is 4.79 Å². The molecule has 1 heterocycles. The molecule has 0 spiro atoms. The Kier molecular flexibility index (Phi) is 8.86. The van der Waals surface area contributed by atoms with Gasteiger partial charge in [0.05, 0.1) is 12.4 Å². The highest BCUT2D eigenvalue weighted by Crippen LogP contribution is 2.20. The number of allylic oxidation sites excluding steroid dienone is 1. The van der Waals surface area contributed by atoms with Crippen LogP contribution in [-0.4, -0.2) is 50.7 Å². The second kappa shape index (κ2) is 11.1. The van der Waals surface area contributed by atoms with Gasteiger partial charge >= 0.3 is 6.03 Å². The van der Waals surface area contributed by atoms with Gasteiger partial charge in [-0.05, 0) is 37.0 Å². The number of benzene rings is 1. The molecule has 2 N–H and O–H groups in total. The van der Waals surface area contributed by atoms with Gasteiger partial charge < -0.3 is 9.64 Å². The van der Waals surface area contributed by atoms with E-state index in [1.54, 1.807) is 19.1 Å². The predicted molar refractivity (Wildman–Crippen MR) is 116 cm³/mol. The van der Waals surface area contributed by atoms with E-state index in [1.807, 2.05) is 24.3 Å². The molecular weight excluding hydrogens is 406 g/mol. The summed E-state index contributed by atoms with van der Waals surface area (Å²) in [5, 5.41) is 2.25. The van der Waals surface area contributed by atoms with Gasteiger partial charge in [0.15, 0.2) is 0 Å². The molecule has 1 saturated heterocycles. The number of imide groups is 1. The molecule has 0 saturated carbocycles. The minimum Gasteiger partial charge on any atom is -0.493 e. The van der Waals surface area contributed by atoms with Gasteiger partial charge in [0.2, 0.25) is 15.9 Å². The minimum absolute atomic E-state index is 0.0535. The molecule has 0 unspecified atom stereocenters. The number of ether oxygens (including phenoxy) is 1. The molecule has 166 valence electrons. The van der Waals surface area contributed by atoms with Crippen molar-refractivity contribution in [2.45, 2.75) is 39.7 Å². The number of nitrogens with one attached hydrogen (secondary N) is 2. The second-order valence-corrected chi connectivity index (χ2v) is 9.62. The molecule has 0 bridgehead atoms. The van der Waals surface area contributed by atoms with Gasteiger partial charge in [0, 0.05) is 25.6 Å². The first kappa shape index (κ1) is 23.9. The molecule has 1 atom stereocenters. The lowest BCUT2D eigenvalue weighted by atomic mass is 10.1. The van der Waals surface area contributed by atoms with Crippen LogP contribution in [0, 0.1) is 5.92 Å². The van der Waals surface area contributed by atoms with Crippen molar-refractivity contribution in [3.8, 4) is 5.75 Å². The minimum atomic E-state index is -3.47. The van der Waals surface area contributed by atoms with E-state index in [-0.39, 0.29) is 24.1 Å². The number of urea groups is 1. The number of carbonyl (C=O) groups excluding carboxylic acids is 2. The third-order valence-electron chi connectivity index (χ3n) is 4.49. The molecule has 1 aromatic carbocycles. The van der Waals surface area contributed by atoms with E-state index < -0.39 is 16.1 Å². The second-order valence-electron chi connectivity index (χ2n) is 7.75. The summed E-state index contributed by atoms with van der Waals surface area (Å²) in [4.78, 5) is 24.2. The van der Waals surface area contributed by atoms with Crippen LogP contribution < -0.4 is 14.8 Å². The van der Waals surface area contributed by atoms with Crippen molar-refractivity contribution in [2.75, 3.05) is 25.4 Å². The van der Waals surface area contributed by atoms with Gasteiger partial charge in [-0.15, -0.1) is 0 Å². The lowest BCUT2D eigenvalue weighted by Gasteiger charge is -2.25. The van der Waals surface area contributed by atoms with Crippen LogP contribution in [0.2, 0.25) is 0 Å². The van der Waals surface area contributed by atoms with Crippen molar-refractivity contribution >= 4 is 22.0 Å². The van der Waals surface area contributed by atoms with Crippen molar-refractivity contribution in [3.05, 3.63) is 42.0 Å². The molecular formula is C21H31N3O5S. The zero-order valence-electron chi connectivity index (χ0n) is 17.8. The maximum Gasteiger partial charge on any atom is 0.324 e. The average Bonchev–Trinajstić information content (AvgIpc) is 2.67. The van der Waals surface area contributed by atoms with E-state index in [0.29, 0.717) is 32.0 Å². The van der Waals surface area contributed by atoms with Gasteiger partial charge in [-0.2, -0.15) is 0 Å². The summed E-state index contributed by atoms with van der Waals surface area (Å²) in [6.07, 6.45) is 4.07. The van der Waals surface area contributed by atoms with E-state index >= 15 is 0 Å². The normalized spacial score (nSPS) is 16.2. The SMILES string of the molecule is CC(C)COc1cccc([C@@H](C)NS(=O)(=O)CC/C=C/CN2CCC(=O)NC2=O)c1. The molecule has 1 aliphatic rings. The highest BCUT2D eigenvalue weighted by Gasteiger charge is 2.21. The lowest BCUT2D eigenvalue weighted by molar-refractivity contribution is -0.121. The van der Waals surface area contributed by atoms with Crippen molar-refractivity contribution in [1.29, 1.82) is 0 Å². The molecule has 2 rings (SSSR count). The van der Waals surface area contributed by atoms with E-state index in [9.17, 15) is 18.0 Å². The fraction of sp³-hybridized carbons (Fsp3) is 0.524. The molecule has 3 amide bonds. The topological polar surface area (TPSA) is 105 Å². The van der Waals surface area contributed by atoms with Crippen LogP contribution in [0.25, 0.3) is 0 Å². The summed E-state index contributed by atoms with van der Waals surface area (Å²) in [7, 11) is -3.47. The van der Waals surface area contributed by atoms with Gasteiger partial charge in [0.25, 0.3) is 0 Å². The summed E-state index contributed by atoms with van der Waals surface area (Å²) >= 11 is 0. The van der Waals surface area contributed by atoms with E-state index in [4.69, 9.17) is 4.74 Å². The van der Waals surface area contributed by atoms with Gasteiger partial charge in [0.1, 0.15) is 5.75 Å². The standard InChI is InChI=1S/C21H31N3O5S/c1-16(2)15-29-19-9-7-8-18(14-19)17(3)23-30(27,28)13-6-4-5-11-24-12-10-20(25)22-21(24)26/h4-5,7-9,14,16-17,23H,6,10-13,15H2,1-3H3,(H,22,25,26)/b5-4+/t17-/m1/s1. The molecule has 1 aromatic rings. The number of sulfonamides is 1. The van der Waals surface area contributed by atoms with E-state index in [2.05, 4.69) is 23.9 Å². The fourth-order valence-electron chi connectivity index (χ4n) is 2.85. The van der Waals surface area contributed by atoms with Crippen LogP contribution in [-0.2, 0) is 14.8 Å². The highest BCUT2D eigenvalue weighted by molar-refractivity contribution is 7.89. The smallest absolute Gasteiger partial charge is 0.324 e. The Morgan fingerprint density at radius 1 is 1.23 bits per heavy atom. The molecule has 1 fully saturated rings. The molecule has 8 nitrogen and oxygen atoms in total. The zero-order chi connectivity index (χ0) is 22.1. The molecule has 1 aliphatic heterocycles. The first-order valence-corrected chi connectivity index (χ1v) is 11.8. The number of amides is 3. The van der Waals surface area contributed by atoms with Crippen LogP contribution in [0.5, 0.6) is 5.75 Å². The van der Waals surface area contributed by atoms with Crippen LogP contribution in [0.3, 0.4) is 0 Å². The zero-order valence-corrected chi connectivity index (χ0v) is 18.6. The van der Waals surface area contributed by atoms with E-state index in [0.717, 1.165) is 11.3 Å². The maximum absolute atomic E-state index is 12.4. The summed E-state index contributed by atoms with van der Waals surface area (Å²) in [5.41, 5.74) is 0.834. The van der Waals surface area contributed by atoms with Crippen molar-refractivity contribution in [1.82, 2.24) is 14.9 Å². The molecule has 30 heavy (non-hydrogen) atoms. The first-order valence-electron chi connectivity index (χ1n) is 10.1. The van der Waals surface area contributed by atoms with Gasteiger partial charge in [-0.25, -0.2) is 17.9 Å². The Labute approximate surface area is 178 Å². The first-order chi connectivity index (χ1) is 14.2. The van der Waals surface area contributed by atoms with Gasteiger partial charge in [-0.1, -0.05) is 38.1 Å². The van der Waals surface area contributed by atoms with Crippen LogP contribution in [0.1, 0.15) is 45.2 Å². The Morgan fingerprint density at radius 2 is 2.00 bits per heavy atom. The number of nitrogens with zero attached hydrogens (tertiary/aromatic N) is 1. The third-order valence-corrected chi connectivity index (χ3v) is 5.97. The van der Waals surface area contributed by atoms with Crippen molar-refractivity contribution < 1.29 is 22.7 Å². The summed E-state index contributed by atoms with van der Waals surface area (Å²) in [5.74, 6) is 0.800. The number of rotatable bonds is 11. The number of carbonyl (C=O) groups is 2. The number of hydrogen-bond donors (Lipinski definition) is 2. The maximum atomic E-state index is 12.4. The third kappa shape index (κ3) is 8.16. The van der Waals surface area contributed by atoms with E-state index in [1.165, 1.54) is 4.90 Å². The Bertz CT molecular complexity index is 867. The van der Waals surface area contributed by atoms with Crippen LogP contribution in [0.15, 0.2) is 36.4 Å². The Morgan fingerprint density at radius 3 is 2.70 bits per heavy atom. The molecule has 9 heteroatoms. The predicted octanol–water partition coefficient (Wildman–Crippen LogP) is 2.59. The van der Waals surface area contributed by atoms with Crippen molar-refractivity contribution in [3.63, 3.8) is 0 Å². The molecule has 0 radical (unpaired) electrons. The summed E-state index contributed by atoms with van der Waals surface area (Å²) in [6.45, 7) is 7.24. The average molecular weight is 438 g/mol. The lowest BCUT2D eigenvalue weighted by Crippen LogP contribution is -2.49. The Hall–Kier alpha value is -2.39. The number of hydrogen-bond acceptors (Lipinski definition) is 5. The van der Waals surface area contributed by atoms with Crippen LogP contribution >= 0.6 is 0 Å². The van der Waals surface area contributed by atoms with Crippen molar-refractivity contribution in [2.24, 2.45) is 5.92 Å². The largest absolute Gasteiger partial charge is 0.493 e. The quantitative estimate of drug-likeness (QED) is 0.518. The monoisotopic (exact) mass is 437 g/mol.